The van der Waals surface area contributed by atoms with Gasteiger partial charge < -0.3 is 15.1 Å². The van der Waals surface area contributed by atoms with Crippen LogP contribution in [0.15, 0.2) is 71.8 Å². The molecule has 0 aliphatic heterocycles. The van der Waals surface area contributed by atoms with Crippen LogP contribution >= 0.6 is 0 Å². The van der Waals surface area contributed by atoms with Gasteiger partial charge in [0.25, 0.3) is 11.8 Å². The Bertz CT molecular complexity index is 1390. The van der Waals surface area contributed by atoms with Gasteiger partial charge in [-0.15, -0.1) is 6.58 Å². The number of aromatic nitrogens is 1. The molecule has 0 aliphatic carbocycles. The van der Waals surface area contributed by atoms with Crippen LogP contribution < -0.4 is 10.6 Å². The molecule has 2 heterocycles. The van der Waals surface area contributed by atoms with Crippen LogP contribution in [-0.2, 0) is 0 Å². The van der Waals surface area contributed by atoms with E-state index in [9.17, 15) is 14.0 Å². The average Bonchev–Trinajstić information content (AvgIpc) is 3.23. The highest BCUT2D eigenvalue weighted by Gasteiger charge is 2.23. The lowest BCUT2D eigenvalue weighted by molar-refractivity contribution is 0.0946. The molecule has 0 atom stereocenters. The normalized spacial score (nSPS) is 10.8. The highest BCUT2D eigenvalue weighted by molar-refractivity contribution is 6.11. The van der Waals surface area contributed by atoms with Crippen LogP contribution in [0, 0.1) is 12.7 Å². The van der Waals surface area contributed by atoms with Crippen molar-refractivity contribution in [2.75, 3.05) is 13.6 Å². The number of rotatable bonds is 7. The SMILES string of the molecule is C=CCCNC(=O)c1cc(-c2cnc3oc(-c4ccc(C)cc4)c(C(=O)NC)c3c2)ccc1F. The summed E-state index contributed by atoms with van der Waals surface area (Å²) in [6.07, 6.45) is 3.83. The van der Waals surface area contributed by atoms with E-state index in [1.165, 1.54) is 12.1 Å². The van der Waals surface area contributed by atoms with Gasteiger partial charge in [-0.25, -0.2) is 9.37 Å². The van der Waals surface area contributed by atoms with Gasteiger partial charge in [-0.1, -0.05) is 42.0 Å². The molecule has 2 N–H and O–H groups in total. The van der Waals surface area contributed by atoms with E-state index >= 15 is 0 Å². The van der Waals surface area contributed by atoms with Crippen molar-refractivity contribution >= 4 is 22.9 Å². The molecule has 2 amide bonds. The van der Waals surface area contributed by atoms with Gasteiger partial charge >= 0.3 is 0 Å². The molecule has 34 heavy (non-hydrogen) atoms. The van der Waals surface area contributed by atoms with E-state index in [0.717, 1.165) is 11.1 Å². The van der Waals surface area contributed by atoms with Gasteiger partial charge in [0.2, 0.25) is 5.71 Å². The molecule has 2 aromatic carbocycles. The summed E-state index contributed by atoms with van der Waals surface area (Å²) >= 11 is 0. The van der Waals surface area contributed by atoms with E-state index in [2.05, 4.69) is 22.2 Å². The molecule has 0 unspecified atom stereocenters. The third-order valence-electron chi connectivity index (χ3n) is 5.49. The Kier molecular flexibility index (Phi) is 6.54. The van der Waals surface area contributed by atoms with Crippen molar-refractivity contribution in [2.45, 2.75) is 13.3 Å². The van der Waals surface area contributed by atoms with Crippen LogP contribution in [0.25, 0.3) is 33.6 Å². The smallest absolute Gasteiger partial charge is 0.255 e. The van der Waals surface area contributed by atoms with E-state index < -0.39 is 11.7 Å². The minimum Gasteiger partial charge on any atom is -0.437 e. The topological polar surface area (TPSA) is 84.2 Å². The number of hydrogen-bond donors (Lipinski definition) is 2. The van der Waals surface area contributed by atoms with Gasteiger partial charge in [0.15, 0.2) is 0 Å². The number of furan rings is 1. The van der Waals surface area contributed by atoms with Crippen LogP contribution in [0.5, 0.6) is 0 Å². The number of amides is 2. The zero-order valence-corrected chi connectivity index (χ0v) is 18.9. The summed E-state index contributed by atoms with van der Waals surface area (Å²) in [5.41, 5.74) is 3.65. The minimum absolute atomic E-state index is 0.0688. The third-order valence-corrected chi connectivity index (χ3v) is 5.49. The molecular weight excluding hydrogens is 433 g/mol. The molecular formula is C27H24FN3O3. The van der Waals surface area contributed by atoms with Gasteiger partial charge in [-0.3, -0.25) is 9.59 Å². The Morgan fingerprint density at radius 2 is 1.79 bits per heavy atom. The van der Waals surface area contributed by atoms with Gasteiger partial charge in [0.1, 0.15) is 11.6 Å². The van der Waals surface area contributed by atoms with Crippen molar-refractivity contribution in [1.82, 2.24) is 15.6 Å². The lowest BCUT2D eigenvalue weighted by Crippen LogP contribution is -2.25. The first-order chi connectivity index (χ1) is 16.4. The fourth-order valence-corrected chi connectivity index (χ4v) is 3.66. The second-order valence-corrected chi connectivity index (χ2v) is 7.86. The Morgan fingerprint density at radius 1 is 1.06 bits per heavy atom. The molecule has 7 heteroatoms. The number of pyridine rings is 1. The third kappa shape index (κ3) is 4.45. The highest BCUT2D eigenvalue weighted by atomic mass is 19.1. The molecule has 0 spiro atoms. The zero-order valence-electron chi connectivity index (χ0n) is 18.9. The molecule has 172 valence electrons. The summed E-state index contributed by atoms with van der Waals surface area (Å²) in [5.74, 6) is -1.02. The van der Waals surface area contributed by atoms with Crippen LogP contribution in [0.2, 0.25) is 0 Å². The zero-order chi connectivity index (χ0) is 24.2. The predicted molar refractivity (Wildman–Crippen MR) is 130 cm³/mol. The second-order valence-electron chi connectivity index (χ2n) is 7.86. The molecule has 0 fully saturated rings. The van der Waals surface area contributed by atoms with Gasteiger partial charge in [-0.05, 0) is 37.1 Å². The first-order valence-corrected chi connectivity index (χ1v) is 10.8. The molecule has 6 nitrogen and oxygen atoms in total. The van der Waals surface area contributed by atoms with Crippen LogP contribution in [0.3, 0.4) is 0 Å². The Hall–Kier alpha value is -4.26. The molecule has 4 aromatic rings. The first-order valence-electron chi connectivity index (χ1n) is 10.8. The molecule has 0 saturated heterocycles. The number of carbonyl (C=O) groups excluding carboxylic acids is 2. The number of fused-ring (bicyclic) bond motifs is 1. The fourth-order valence-electron chi connectivity index (χ4n) is 3.66. The minimum atomic E-state index is -0.620. The number of benzene rings is 2. The number of nitrogens with zero attached hydrogens (tertiary/aromatic N) is 1. The summed E-state index contributed by atoms with van der Waals surface area (Å²) in [7, 11) is 1.55. The van der Waals surface area contributed by atoms with Crippen molar-refractivity contribution in [1.29, 1.82) is 0 Å². The fraction of sp³-hybridized carbons (Fsp3) is 0.148. The molecule has 4 rings (SSSR count). The van der Waals surface area contributed by atoms with E-state index in [0.29, 0.717) is 46.5 Å². The molecule has 2 aromatic heterocycles. The first kappa shape index (κ1) is 22.9. The van der Waals surface area contributed by atoms with Gasteiger partial charge in [-0.2, -0.15) is 0 Å². The predicted octanol–water partition coefficient (Wildman–Crippen LogP) is 5.27. The maximum Gasteiger partial charge on any atom is 0.255 e. The Balaban J connectivity index is 1.80. The number of nitrogens with one attached hydrogen (secondary N) is 2. The van der Waals surface area contributed by atoms with Gasteiger partial charge in [0.05, 0.1) is 16.5 Å². The van der Waals surface area contributed by atoms with Crippen LogP contribution in [-0.4, -0.2) is 30.4 Å². The lowest BCUT2D eigenvalue weighted by Gasteiger charge is -2.08. The number of hydrogen-bond acceptors (Lipinski definition) is 4. The van der Waals surface area contributed by atoms with Crippen molar-refractivity contribution in [2.24, 2.45) is 0 Å². The summed E-state index contributed by atoms with van der Waals surface area (Å²) < 4.78 is 20.3. The largest absolute Gasteiger partial charge is 0.437 e. The number of halogens is 1. The summed E-state index contributed by atoms with van der Waals surface area (Å²) in [4.78, 5) is 29.6. The number of carbonyl (C=O) groups is 2. The monoisotopic (exact) mass is 457 g/mol. The summed E-state index contributed by atoms with van der Waals surface area (Å²) in [6.45, 7) is 5.95. The van der Waals surface area contributed by atoms with Crippen molar-refractivity contribution in [3.8, 4) is 22.5 Å². The quantitative estimate of drug-likeness (QED) is 0.292. The summed E-state index contributed by atoms with van der Waals surface area (Å²) in [6, 6.07) is 13.7. The molecule has 0 aliphatic rings. The van der Waals surface area contributed by atoms with E-state index in [4.69, 9.17) is 4.42 Å². The van der Waals surface area contributed by atoms with E-state index in [-0.39, 0.29) is 11.5 Å². The second kappa shape index (κ2) is 9.70. The average molecular weight is 458 g/mol. The van der Waals surface area contributed by atoms with Crippen LogP contribution in [0.1, 0.15) is 32.7 Å². The van der Waals surface area contributed by atoms with Crippen LogP contribution in [0.4, 0.5) is 4.39 Å². The summed E-state index contributed by atoms with van der Waals surface area (Å²) in [5, 5.41) is 5.85. The molecule has 0 saturated carbocycles. The maximum absolute atomic E-state index is 14.4. The lowest BCUT2D eigenvalue weighted by atomic mass is 10.0. The van der Waals surface area contributed by atoms with Crippen molar-refractivity contribution in [3.05, 3.63) is 89.9 Å². The number of aryl methyl sites for hydroxylation is 1. The maximum atomic E-state index is 14.4. The van der Waals surface area contributed by atoms with E-state index in [1.54, 1.807) is 31.5 Å². The van der Waals surface area contributed by atoms with E-state index in [1.807, 2.05) is 31.2 Å². The Labute approximate surface area is 196 Å². The standard InChI is InChI=1S/C27H24FN3O3/c1-4-5-12-30-25(32)20-13-18(10-11-22(20)28)19-14-21-23(26(33)29-3)24(34-27(21)31-15-19)17-8-6-16(2)7-9-17/h4,6-11,13-15H,1,5,12H2,2-3H3,(H,29,33)(H,30,32). The molecule has 0 radical (unpaired) electrons. The van der Waals surface area contributed by atoms with Crippen molar-refractivity contribution < 1.29 is 18.4 Å². The van der Waals surface area contributed by atoms with Gasteiger partial charge in [0, 0.05) is 30.9 Å². The van der Waals surface area contributed by atoms with Crippen molar-refractivity contribution in [3.63, 3.8) is 0 Å². The highest BCUT2D eigenvalue weighted by Crippen LogP contribution is 2.35. The molecule has 0 bridgehead atoms. The Morgan fingerprint density at radius 3 is 2.50 bits per heavy atom.